The number of hydrogen-bond acceptors (Lipinski definition) is 7. The van der Waals surface area contributed by atoms with Crippen molar-refractivity contribution in [3.8, 4) is 0 Å². The number of primary amides is 1. The molecule has 0 spiro atoms. The van der Waals surface area contributed by atoms with Crippen molar-refractivity contribution >= 4 is 17.4 Å². The Morgan fingerprint density at radius 3 is 2.51 bits per heavy atom. The number of nitrogens with two attached hydrogens (primary N) is 1. The van der Waals surface area contributed by atoms with Crippen LogP contribution in [0.1, 0.15) is 54.6 Å². The maximum atomic E-state index is 14.8. The van der Waals surface area contributed by atoms with Crippen molar-refractivity contribution in [3.05, 3.63) is 70.7 Å². The summed E-state index contributed by atoms with van der Waals surface area (Å²) in [6.45, 7) is 3.26. The molecule has 11 heteroatoms. The molecule has 4 heterocycles. The first-order valence-electron chi connectivity index (χ1n) is 13.3. The fourth-order valence-corrected chi connectivity index (χ4v) is 5.55. The highest BCUT2D eigenvalue weighted by Gasteiger charge is 2.54. The zero-order valence-electron chi connectivity index (χ0n) is 22.6. The summed E-state index contributed by atoms with van der Waals surface area (Å²) in [5.74, 6) is -1.08. The third-order valence-electron chi connectivity index (χ3n) is 7.39. The van der Waals surface area contributed by atoms with Crippen molar-refractivity contribution in [1.82, 2.24) is 9.88 Å². The second kappa shape index (κ2) is 11.1. The Kier molecular flexibility index (Phi) is 7.37. The van der Waals surface area contributed by atoms with Crippen LogP contribution in [0.15, 0.2) is 53.4 Å². The molecule has 0 saturated carbocycles. The Morgan fingerprint density at radius 2 is 1.87 bits per heavy atom. The first-order chi connectivity index (χ1) is 19.1. The molecule has 8 nitrogen and oxygen atoms in total. The van der Waals surface area contributed by atoms with Gasteiger partial charge in [0.05, 0.1) is 33.4 Å². The number of nitrogens with zero attached hydrogens (tertiary/aromatic N) is 3. The Hall–Kier alpha value is -3.28. The predicted octanol–water partition coefficient (Wildman–Crippen LogP) is 4.16. The first-order valence-corrected chi connectivity index (χ1v) is 12.8. The van der Waals surface area contributed by atoms with E-state index in [1.54, 1.807) is 25.4 Å². The van der Waals surface area contributed by atoms with Crippen LogP contribution in [0.4, 0.5) is 13.2 Å². The summed E-state index contributed by atoms with van der Waals surface area (Å²) in [5.41, 5.74) is 4.23. The molecule has 0 bridgehead atoms. The van der Waals surface area contributed by atoms with E-state index in [0.29, 0.717) is 16.8 Å². The summed E-state index contributed by atoms with van der Waals surface area (Å²) in [6, 6.07) is 6.97. The SMILES string of the molecule is [2H]C1(OC2=NC(C)=C(c3cccnc3)CC2(c2c(C(N)=O)cccc2C(F)(F)F)N2CCOCC2)CCOCC1. The largest absolute Gasteiger partial charge is 0.476 e. The van der Waals surface area contributed by atoms with Gasteiger partial charge in [0.2, 0.25) is 11.8 Å². The number of carbonyl (C=O) groups excluding carboxylic acids is 1. The zero-order valence-corrected chi connectivity index (χ0v) is 21.6. The van der Waals surface area contributed by atoms with Crippen molar-refractivity contribution in [2.45, 2.75) is 44.0 Å². The predicted molar refractivity (Wildman–Crippen MR) is 138 cm³/mol. The number of aromatic nitrogens is 1. The lowest BCUT2D eigenvalue weighted by atomic mass is 9.73. The van der Waals surface area contributed by atoms with E-state index in [0.717, 1.165) is 6.07 Å². The lowest BCUT2D eigenvalue weighted by Crippen LogP contribution is -2.59. The molecule has 2 fully saturated rings. The Balaban J connectivity index is 1.84. The number of allylic oxidation sites excluding steroid dienone is 1. The quantitative estimate of drug-likeness (QED) is 0.606. The second-order valence-electron chi connectivity index (χ2n) is 9.70. The third kappa shape index (κ3) is 5.30. The van der Waals surface area contributed by atoms with Crippen molar-refractivity contribution in [2.75, 3.05) is 39.5 Å². The Labute approximate surface area is 226 Å². The van der Waals surface area contributed by atoms with Gasteiger partial charge in [-0.2, -0.15) is 13.2 Å². The molecule has 3 aliphatic rings. The van der Waals surface area contributed by atoms with Gasteiger partial charge in [0, 0.05) is 61.6 Å². The lowest BCUT2D eigenvalue weighted by molar-refractivity contribution is -0.139. The number of amides is 1. The Morgan fingerprint density at radius 1 is 1.15 bits per heavy atom. The van der Waals surface area contributed by atoms with Crippen LogP contribution in [0.5, 0.6) is 0 Å². The zero-order chi connectivity index (χ0) is 28.5. The Bertz CT molecular complexity index is 1320. The topological polar surface area (TPSA) is 99.3 Å². The van der Waals surface area contributed by atoms with Gasteiger partial charge in [-0.25, -0.2) is 4.99 Å². The molecule has 2 saturated heterocycles. The number of benzene rings is 1. The van der Waals surface area contributed by atoms with Gasteiger partial charge in [0.1, 0.15) is 11.6 Å². The van der Waals surface area contributed by atoms with Gasteiger partial charge >= 0.3 is 6.18 Å². The minimum Gasteiger partial charge on any atom is -0.476 e. The van der Waals surface area contributed by atoms with Crippen LogP contribution in [-0.2, 0) is 25.9 Å². The molecular formula is C28H31F3N4O4. The van der Waals surface area contributed by atoms with Gasteiger partial charge < -0.3 is 19.9 Å². The fraction of sp³-hybridized carbons (Fsp3) is 0.464. The average molecular weight is 546 g/mol. The summed E-state index contributed by atoms with van der Waals surface area (Å²) >= 11 is 0. The summed E-state index contributed by atoms with van der Waals surface area (Å²) in [7, 11) is 0. The number of morpholine rings is 1. The molecule has 3 aliphatic heterocycles. The van der Waals surface area contributed by atoms with Crippen LogP contribution in [-0.4, -0.2) is 67.3 Å². The molecule has 1 unspecified atom stereocenters. The van der Waals surface area contributed by atoms with E-state index in [4.69, 9.17) is 26.3 Å². The highest BCUT2D eigenvalue weighted by molar-refractivity contribution is 6.01. The van der Waals surface area contributed by atoms with Gasteiger partial charge in [-0.3, -0.25) is 14.7 Å². The normalized spacial score (nSPS) is 24.6. The molecule has 1 aromatic heterocycles. The van der Waals surface area contributed by atoms with E-state index >= 15 is 0 Å². The number of aliphatic imine (C=N–C) groups is 1. The summed E-state index contributed by atoms with van der Waals surface area (Å²) < 4.78 is 70.8. The first kappa shape index (κ1) is 26.0. The van der Waals surface area contributed by atoms with Crippen molar-refractivity contribution in [1.29, 1.82) is 0 Å². The molecule has 0 aliphatic carbocycles. The number of carbonyl (C=O) groups is 1. The highest BCUT2D eigenvalue weighted by Crippen LogP contribution is 2.50. The van der Waals surface area contributed by atoms with Gasteiger partial charge in [-0.15, -0.1) is 0 Å². The molecule has 39 heavy (non-hydrogen) atoms. The van der Waals surface area contributed by atoms with E-state index in [1.165, 1.54) is 12.1 Å². The fourth-order valence-electron chi connectivity index (χ4n) is 5.55. The van der Waals surface area contributed by atoms with Gasteiger partial charge in [-0.05, 0) is 36.3 Å². The standard InChI is InChI=1S/C28H31F3N4O4/c1-18-22(19-4-3-9-33-17-19)16-27(35-10-14-38-15-11-35,26(34-18)39-20-7-12-37-13-8-20)24-21(25(32)36)5-2-6-23(24)28(29,30)31/h2-6,9,17,20H,7-8,10-16H2,1H3,(H2,32,36)/i20D. The van der Waals surface area contributed by atoms with Gasteiger partial charge in [0.15, 0.2) is 0 Å². The lowest BCUT2D eigenvalue weighted by Gasteiger charge is -2.49. The molecule has 1 aromatic carbocycles. The number of ether oxygens (including phenoxy) is 3. The smallest absolute Gasteiger partial charge is 0.416 e. The van der Waals surface area contributed by atoms with E-state index in [1.807, 2.05) is 11.0 Å². The number of halogens is 3. The van der Waals surface area contributed by atoms with Crippen LogP contribution in [0.3, 0.4) is 0 Å². The van der Waals surface area contributed by atoms with Crippen molar-refractivity contribution in [2.24, 2.45) is 10.7 Å². The van der Waals surface area contributed by atoms with E-state index < -0.39 is 29.3 Å². The van der Waals surface area contributed by atoms with E-state index in [-0.39, 0.29) is 75.8 Å². The number of rotatable bonds is 5. The monoisotopic (exact) mass is 545 g/mol. The molecule has 1 amide bonds. The average Bonchev–Trinajstić information content (AvgIpc) is 2.94. The molecule has 1 atom stereocenters. The maximum Gasteiger partial charge on any atom is 0.416 e. The van der Waals surface area contributed by atoms with Crippen LogP contribution >= 0.6 is 0 Å². The minimum absolute atomic E-state index is 0.0245. The van der Waals surface area contributed by atoms with Crippen molar-refractivity contribution in [3.63, 3.8) is 0 Å². The maximum absolute atomic E-state index is 14.8. The van der Waals surface area contributed by atoms with Gasteiger partial charge in [0.25, 0.3) is 0 Å². The highest BCUT2D eigenvalue weighted by atomic mass is 19.4. The number of alkyl halides is 3. The van der Waals surface area contributed by atoms with Crippen LogP contribution in [0.2, 0.25) is 0 Å². The molecule has 5 rings (SSSR count). The van der Waals surface area contributed by atoms with E-state index in [9.17, 15) is 18.0 Å². The number of pyridine rings is 1. The second-order valence-corrected chi connectivity index (χ2v) is 9.70. The van der Waals surface area contributed by atoms with Gasteiger partial charge in [-0.1, -0.05) is 12.1 Å². The molecule has 208 valence electrons. The van der Waals surface area contributed by atoms with Crippen LogP contribution < -0.4 is 5.73 Å². The molecule has 0 radical (unpaired) electrons. The van der Waals surface area contributed by atoms with Crippen LogP contribution in [0, 0.1) is 0 Å². The molecule has 2 N–H and O–H groups in total. The van der Waals surface area contributed by atoms with Crippen LogP contribution in [0.25, 0.3) is 5.57 Å². The minimum atomic E-state index is -4.83. The molecular weight excluding hydrogens is 513 g/mol. The van der Waals surface area contributed by atoms with E-state index in [2.05, 4.69) is 4.98 Å². The van der Waals surface area contributed by atoms with Crippen molar-refractivity contribution < 1.29 is 33.5 Å². The number of hydrogen-bond donors (Lipinski definition) is 1. The summed E-state index contributed by atoms with van der Waals surface area (Å²) in [4.78, 5) is 23.6. The third-order valence-corrected chi connectivity index (χ3v) is 7.39. The summed E-state index contributed by atoms with van der Waals surface area (Å²) in [6.07, 6.45) is -2.70. The summed E-state index contributed by atoms with van der Waals surface area (Å²) in [5, 5.41) is 0. The molecule has 2 aromatic rings.